The van der Waals surface area contributed by atoms with Gasteiger partial charge in [0.2, 0.25) is 5.28 Å². The minimum absolute atomic E-state index is 0.513. The van der Waals surface area contributed by atoms with E-state index >= 15 is 0 Å². The molecule has 4 heteroatoms. The molecule has 0 spiro atoms. The summed E-state index contributed by atoms with van der Waals surface area (Å²) in [5.41, 5.74) is 0. The lowest BCUT2D eigenvalue weighted by molar-refractivity contribution is -0.908. The maximum absolute atomic E-state index is 12.0. The van der Waals surface area contributed by atoms with Crippen LogP contribution in [0.3, 0.4) is 0 Å². The van der Waals surface area contributed by atoms with E-state index < -0.39 is 13.0 Å². The Morgan fingerprint density at radius 1 is 0.606 bits per heavy atom. The first kappa shape index (κ1) is 32.6. The summed E-state index contributed by atoms with van der Waals surface area (Å²) in [6.45, 7) is 5.80. The molecular formula is C29H59NO2P+. The van der Waals surface area contributed by atoms with Crippen LogP contribution in [-0.4, -0.2) is 30.9 Å². The number of allylic oxidation sites excluding steroid dienone is 1. The van der Waals surface area contributed by atoms with Crippen LogP contribution in [0.2, 0.25) is 0 Å². The molecule has 1 unspecified atom stereocenters. The van der Waals surface area contributed by atoms with E-state index in [-0.39, 0.29) is 0 Å². The SMILES string of the molecule is C=CCCCCCCCCCCCCCCCCCCCCCC(CC)(P(=O)=O)[N+](C)(C)C. The van der Waals surface area contributed by atoms with Crippen molar-refractivity contribution in [3.63, 3.8) is 0 Å². The van der Waals surface area contributed by atoms with Crippen LogP contribution in [0.4, 0.5) is 0 Å². The predicted molar refractivity (Wildman–Crippen MR) is 147 cm³/mol. The summed E-state index contributed by atoms with van der Waals surface area (Å²) >= 11 is 0. The Morgan fingerprint density at radius 2 is 0.909 bits per heavy atom. The van der Waals surface area contributed by atoms with Crippen LogP contribution in [-0.2, 0) is 9.13 Å². The third kappa shape index (κ3) is 16.0. The van der Waals surface area contributed by atoms with Gasteiger partial charge in [-0.05, 0) is 19.3 Å². The Kier molecular flexibility index (Phi) is 20.7. The molecule has 0 saturated carbocycles. The van der Waals surface area contributed by atoms with Crippen molar-refractivity contribution >= 4 is 7.68 Å². The van der Waals surface area contributed by atoms with Crippen LogP contribution in [0.25, 0.3) is 0 Å². The third-order valence-corrected chi connectivity index (χ3v) is 9.46. The zero-order chi connectivity index (χ0) is 24.8. The van der Waals surface area contributed by atoms with Crippen LogP contribution in [0, 0.1) is 0 Å². The Balaban J connectivity index is 3.43. The van der Waals surface area contributed by atoms with Crippen molar-refractivity contribution in [1.82, 2.24) is 0 Å². The maximum atomic E-state index is 12.0. The first-order valence-corrected chi connectivity index (χ1v) is 15.6. The molecule has 0 rings (SSSR count). The average molecular weight is 485 g/mol. The monoisotopic (exact) mass is 484 g/mol. The van der Waals surface area contributed by atoms with E-state index in [4.69, 9.17) is 0 Å². The highest BCUT2D eigenvalue weighted by atomic mass is 31.1. The minimum Gasteiger partial charge on any atom is -0.314 e. The van der Waals surface area contributed by atoms with Crippen molar-refractivity contribution in [2.45, 2.75) is 153 Å². The van der Waals surface area contributed by atoms with Crippen LogP contribution in [0.1, 0.15) is 148 Å². The number of nitrogens with zero attached hydrogens (tertiary/aromatic N) is 1. The van der Waals surface area contributed by atoms with Crippen molar-refractivity contribution in [3.8, 4) is 0 Å². The van der Waals surface area contributed by atoms with Crippen molar-refractivity contribution < 1.29 is 13.6 Å². The smallest absolute Gasteiger partial charge is 0.314 e. The Hall–Kier alpha value is -0.400. The van der Waals surface area contributed by atoms with E-state index in [0.717, 1.165) is 12.8 Å². The standard InChI is InChI=1S/C29H59NO2P/c1-6-8-9-10-11-12-13-14-15-16-17-18-19-20-21-22-23-24-25-26-27-28-29(7-2,33(31)32)30(3,4)5/h6H,1,7-28H2,2-5H3/q+1. The fourth-order valence-electron chi connectivity index (χ4n) is 5.15. The molecule has 33 heavy (non-hydrogen) atoms. The number of rotatable bonds is 25. The molecule has 0 aromatic carbocycles. The number of quaternary nitrogens is 1. The Morgan fingerprint density at radius 3 is 1.15 bits per heavy atom. The van der Waals surface area contributed by atoms with E-state index in [9.17, 15) is 9.13 Å². The zero-order valence-electron chi connectivity index (χ0n) is 23.1. The lowest BCUT2D eigenvalue weighted by atomic mass is 10.0. The molecule has 0 amide bonds. The molecule has 0 aliphatic heterocycles. The molecular weight excluding hydrogens is 425 g/mol. The third-order valence-electron chi connectivity index (χ3n) is 7.64. The lowest BCUT2D eigenvalue weighted by Gasteiger charge is -2.40. The number of hydrogen-bond acceptors (Lipinski definition) is 2. The van der Waals surface area contributed by atoms with Gasteiger partial charge >= 0.3 is 7.68 Å². The van der Waals surface area contributed by atoms with E-state index in [0.29, 0.717) is 10.9 Å². The first-order chi connectivity index (χ1) is 15.8. The fraction of sp³-hybridized carbons (Fsp3) is 0.931. The summed E-state index contributed by atoms with van der Waals surface area (Å²) in [6, 6.07) is 0. The van der Waals surface area contributed by atoms with Crippen molar-refractivity contribution in [3.05, 3.63) is 12.7 Å². The molecule has 196 valence electrons. The molecule has 0 radical (unpaired) electrons. The molecule has 0 heterocycles. The number of unbranched alkanes of at least 4 members (excludes halogenated alkanes) is 19. The fourth-order valence-corrected chi connectivity index (χ4v) is 6.24. The van der Waals surface area contributed by atoms with Crippen LogP contribution >= 0.6 is 7.68 Å². The molecule has 0 aromatic heterocycles. The molecule has 0 aromatic rings. The lowest BCUT2D eigenvalue weighted by Crippen LogP contribution is -2.53. The predicted octanol–water partition coefficient (Wildman–Crippen LogP) is 10.3. The second-order valence-electron chi connectivity index (χ2n) is 11.2. The highest BCUT2D eigenvalue weighted by molar-refractivity contribution is 7.32. The molecule has 0 saturated heterocycles. The minimum atomic E-state index is -2.41. The molecule has 0 fully saturated rings. The van der Waals surface area contributed by atoms with Crippen molar-refractivity contribution in [1.29, 1.82) is 0 Å². The van der Waals surface area contributed by atoms with Gasteiger partial charge in [-0.2, -0.15) is 0 Å². The van der Waals surface area contributed by atoms with E-state index in [1.54, 1.807) is 0 Å². The highest BCUT2D eigenvalue weighted by Gasteiger charge is 2.46. The van der Waals surface area contributed by atoms with E-state index in [1.807, 2.05) is 34.1 Å². The van der Waals surface area contributed by atoms with Crippen LogP contribution < -0.4 is 0 Å². The first-order valence-electron chi connectivity index (χ1n) is 14.4. The normalized spacial score (nSPS) is 13.7. The van der Waals surface area contributed by atoms with Gasteiger partial charge in [0, 0.05) is 12.8 Å². The summed E-state index contributed by atoms with van der Waals surface area (Å²) in [4.78, 5) is 0. The van der Waals surface area contributed by atoms with Gasteiger partial charge in [0.15, 0.2) is 0 Å². The van der Waals surface area contributed by atoms with Crippen molar-refractivity contribution in [2.24, 2.45) is 0 Å². The topological polar surface area (TPSA) is 34.1 Å². The molecule has 3 nitrogen and oxygen atoms in total. The quantitative estimate of drug-likeness (QED) is 0.0559. The second kappa shape index (κ2) is 20.9. The second-order valence-corrected chi connectivity index (χ2v) is 12.5. The van der Waals surface area contributed by atoms with Crippen molar-refractivity contribution in [2.75, 3.05) is 21.1 Å². The average Bonchev–Trinajstić information content (AvgIpc) is 2.76. The summed E-state index contributed by atoms with van der Waals surface area (Å²) in [7, 11) is 3.64. The Labute approximate surface area is 208 Å². The molecule has 0 aliphatic rings. The molecule has 0 N–H and O–H groups in total. The van der Waals surface area contributed by atoms with Gasteiger partial charge in [-0.3, -0.25) is 0 Å². The van der Waals surface area contributed by atoms with Gasteiger partial charge in [0.1, 0.15) is 0 Å². The van der Waals surface area contributed by atoms with Crippen LogP contribution in [0.15, 0.2) is 12.7 Å². The van der Waals surface area contributed by atoms with E-state index in [2.05, 4.69) is 6.58 Å². The summed E-state index contributed by atoms with van der Waals surface area (Å²) in [5, 5.41) is -0.597. The van der Waals surface area contributed by atoms with Gasteiger partial charge in [-0.15, -0.1) is 6.58 Å². The molecule has 0 bridgehead atoms. The zero-order valence-corrected chi connectivity index (χ0v) is 23.9. The number of hydrogen-bond donors (Lipinski definition) is 0. The van der Waals surface area contributed by atoms with Gasteiger partial charge < -0.3 is 4.48 Å². The molecule has 1 atom stereocenters. The highest BCUT2D eigenvalue weighted by Crippen LogP contribution is 2.43. The van der Waals surface area contributed by atoms with Gasteiger partial charge in [-0.1, -0.05) is 122 Å². The summed E-state index contributed by atoms with van der Waals surface area (Å²) < 4.78 is 24.4. The van der Waals surface area contributed by atoms with Gasteiger partial charge in [0.25, 0.3) is 0 Å². The largest absolute Gasteiger partial charge is 0.378 e. The van der Waals surface area contributed by atoms with E-state index in [1.165, 1.54) is 122 Å². The molecule has 0 aliphatic carbocycles. The maximum Gasteiger partial charge on any atom is 0.378 e. The summed E-state index contributed by atoms with van der Waals surface area (Å²) in [6.07, 6.45) is 30.6. The summed E-state index contributed by atoms with van der Waals surface area (Å²) in [5.74, 6) is 0. The Bertz CT molecular complexity index is 516. The van der Waals surface area contributed by atoms with Crippen LogP contribution in [0.5, 0.6) is 0 Å². The van der Waals surface area contributed by atoms with Gasteiger partial charge in [0.05, 0.1) is 21.1 Å². The van der Waals surface area contributed by atoms with Gasteiger partial charge in [-0.25, -0.2) is 9.13 Å².